The first kappa shape index (κ1) is 25.2. The van der Waals surface area contributed by atoms with Crippen LogP contribution in [0.4, 0.5) is 0 Å². The van der Waals surface area contributed by atoms with Crippen LogP contribution < -0.4 is 9.20 Å². The molecule has 3 rings (SSSR count). The molecule has 0 bridgehead atoms. The third kappa shape index (κ3) is 6.53. The van der Waals surface area contributed by atoms with E-state index in [4.69, 9.17) is 9.47 Å². The first-order valence-electron chi connectivity index (χ1n) is 11.5. The van der Waals surface area contributed by atoms with Gasteiger partial charge in [0, 0.05) is 0 Å². The molecule has 1 aliphatic carbocycles. The number of carbonyl (C=O) groups is 1. The minimum atomic E-state index is -0.346. The molecule has 174 valence electrons. The van der Waals surface area contributed by atoms with E-state index >= 15 is 0 Å². The van der Waals surface area contributed by atoms with E-state index in [1.54, 1.807) is 6.92 Å². The summed E-state index contributed by atoms with van der Waals surface area (Å²) in [4.78, 5) is 15.0. The Kier molecular flexibility index (Phi) is 8.11. The van der Waals surface area contributed by atoms with E-state index < -0.39 is 0 Å². The van der Waals surface area contributed by atoms with Crippen molar-refractivity contribution in [3.8, 4) is 16.5 Å². The second kappa shape index (κ2) is 10.6. The molecule has 0 aromatic heterocycles. The Bertz CT molecular complexity index is 1090. The third-order valence-electron chi connectivity index (χ3n) is 6.18. The minimum absolute atomic E-state index is 0.109. The first-order chi connectivity index (χ1) is 15.6. The molecule has 0 aliphatic heterocycles. The van der Waals surface area contributed by atoms with Gasteiger partial charge in [0.2, 0.25) is 0 Å². The summed E-state index contributed by atoms with van der Waals surface area (Å²) in [5.74, 6) is 3.70. The molecule has 0 N–H and O–H groups in total. The van der Waals surface area contributed by atoms with Crippen LogP contribution in [0.2, 0.25) is 0 Å². The molecule has 0 atom stereocenters. The van der Waals surface area contributed by atoms with Crippen LogP contribution in [0.3, 0.4) is 0 Å². The summed E-state index contributed by atoms with van der Waals surface area (Å²) in [6, 6.07) is 14.8. The van der Waals surface area contributed by atoms with Crippen LogP contribution in [0.5, 0.6) is 5.75 Å². The summed E-state index contributed by atoms with van der Waals surface area (Å²) in [5.41, 5.74) is 4.89. The van der Waals surface area contributed by atoms with Crippen LogP contribution in [-0.2, 0) is 27.0 Å². The third-order valence-corrected chi connectivity index (χ3v) is 7.74. The van der Waals surface area contributed by atoms with Gasteiger partial charge in [-0.1, -0.05) is 0 Å². The molecular weight excluding hydrogens is 475 g/mol. The fourth-order valence-corrected chi connectivity index (χ4v) is 5.56. The Balaban J connectivity index is 1.95. The number of hydrogen-bond acceptors (Lipinski definition) is 3. The summed E-state index contributed by atoms with van der Waals surface area (Å²) in [6.45, 7) is 13.9. The monoisotopic (exact) mass is 510 g/mol. The number of ether oxygens (including phenoxy) is 2. The van der Waals surface area contributed by atoms with Crippen LogP contribution in [0.25, 0.3) is 0 Å². The quantitative estimate of drug-likeness (QED) is 0.226. The number of allylic oxidation sites excluding steroid dienone is 1. The van der Waals surface area contributed by atoms with Crippen molar-refractivity contribution in [2.75, 3.05) is 6.61 Å². The van der Waals surface area contributed by atoms with Gasteiger partial charge in [0.25, 0.3) is 0 Å². The van der Waals surface area contributed by atoms with Gasteiger partial charge in [0.15, 0.2) is 0 Å². The Morgan fingerprint density at radius 1 is 1.06 bits per heavy atom. The van der Waals surface area contributed by atoms with E-state index in [1.165, 1.54) is 17.2 Å². The standard InChI is InChI=1S/C29H34O3Se/c1-7-31-27(30)17-21(2)13-16-33-26-19-24-23(28(3,4)14-15-29(24,5)6)18-25(26)32-20-22-11-9-8-10-12-22/h8-12,17-19H,7,14-15,20H2,1-6H3/b21-17+. The Morgan fingerprint density at radius 2 is 1.70 bits per heavy atom. The van der Waals surface area contributed by atoms with Gasteiger partial charge in [-0.25, -0.2) is 0 Å². The van der Waals surface area contributed by atoms with E-state index in [0.717, 1.165) is 28.6 Å². The first-order valence-corrected chi connectivity index (χ1v) is 13.2. The zero-order valence-electron chi connectivity index (χ0n) is 20.6. The summed E-state index contributed by atoms with van der Waals surface area (Å²) >= 11 is -0.109. The van der Waals surface area contributed by atoms with Crippen LogP contribution in [0, 0.1) is 10.7 Å². The molecule has 0 heterocycles. The van der Waals surface area contributed by atoms with Crippen molar-refractivity contribution >= 4 is 25.4 Å². The van der Waals surface area contributed by atoms with E-state index in [9.17, 15) is 4.79 Å². The Hall–Kier alpha value is -2.47. The van der Waals surface area contributed by atoms with Crippen molar-refractivity contribution in [1.29, 1.82) is 0 Å². The van der Waals surface area contributed by atoms with E-state index in [2.05, 4.69) is 62.7 Å². The molecule has 0 amide bonds. The van der Waals surface area contributed by atoms with E-state index in [1.807, 2.05) is 25.1 Å². The summed E-state index contributed by atoms with van der Waals surface area (Å²) in [7, 11) is 0. The average Bonchev–Trinajstić information content (AvgIpc) is 2.76. The van der Waals surface area contributed by atoms with Crippen molar-refractivity contribution in [2.45, 2.75) is 71.8 Å². The van der Waals surface area contributed by atoms with Gasteiger partial charge in [-0.15, -0.1) is 0 Å². The molecule has 0 spiro atoms. The average molecular weight is 510 g/mol. The molecule has 0 fully saturated rings. The number of rotatable bonds is 6. The van der Waals surface area contributed by atoms with Crippen LogP contribution in [-0.4, -0.2) is 27.5 Å². The Labute approximate surface area is 205 Å². The summed E-state index contributed by atoms with van der Waals surface area (Å²) in [6.07, 6.45) is 3.78. The molecule has 0 saturated heterocycles. The zero-order chi connectivity index (χ0) is 24.1. The molecule has 1 aliphatic rings. The number of benzene rings is 2. The molecule has 3 nitrogen and oxygen atoms in total. The molecule has 33 heavy (non-hydrogen) atoms. The normalized spacial score (nSPS) is 16.2. The topological polar surface area (TPSA) is 35.5 Å². The summed E-state index contributed by atoms with van der Waals surface area (Å²) < 4.78 is 12.5. The van der Waals surface area contributed by atoms with E-state index in [-0.39, 0.29) is 31.8 Å². The van der Waals surface area contributed by atoms with Crippen molar-refractivity contribution in [3.05, 3.63) is 70.8 Å². The van der Waals surface area contributed by atoms with Gasteiger partial charge in [-0.05, 0) is 0 Å². The summed E-state index contributed by atoms with van der Waals surface area (Å²) in [5, 5.41) is 0. The van der Waals surface area contributed by atoms with Crippen LogP contribution >= 0.6 is 0 Å². The Morgan fingerprint density at radius 3 is 2.33 bits per heavy atom. The van der Waals surface area contributed by atoms with Gasteiger partial charge in [0.1, 0.15) is 0 Å². The molecular formula is C29H34O3Se. The van der Waals surface area contributed by atoms with Gasteiger partial charge in [-0.2, -0.15) is 0 Å². The molecule has 2 aromatic carbocycles. The fraction of sp³-hybridized carbons (Fsp3) is 0.414. The van der Waals surface area contributed by atoms with Gasteiger partial charge < -0.3 is 0 Å². The number of carbonyl (C=O) groups excluding carboxylic acids is 1. The zero-order valence-corrected chi connectivity index (χ0v) is 22.3. The number of hydrogen-bond donors (Lipinski definition) is 0. The molecule has 2 aromatic rings. The fourth-order valence-electron chi connectivity index (χ4n) is 4.06. The van der Waals surface area contributed by atoms with Crippen molar-refractivity contribution < 1.29 is 14.3 Å². The SMILES string of the molecule is CCOC(=O)/C=C(\C)C#C[Se]c1cc2c(cc1OCc1ccccc1)C(C)(C)CCC2(C)C. The van der Waals surface area contributed by atoms with Gasteiger partial charge >= 0.3 is 205 Å². The van der Waals surface area contributed by atoms with Gasteiger partial charge in [0.05, 0.1) is 0 Å². The van der Waals surface area contributed by atoms with Crippen molar-refractivity contribution in [1.82, 2.24) is 0 Å². The second-order valence-electron chi connectivity index (χ2n) is 9.80. The van der Waals surface area contributed by atoms with Crippen LogP contribution in [0.1, 0.15) is 71.1 Å². The molecule has 4 heteroatoms. The molecule has 0 radical (unpaired) electrons. The van der Waals surface area contributed by atoms with E-state index in [0.29, 0.717) is 18.8 Å². The number of esters is 1. The number of fused-ring (bicyclic) bond motifs is 1. The predicted molar refractivity (Wildman–Crippen MR) is 136 cm³/mol. The van der Waals surface area contributed by atoms with Crippen molar-refractivity contribution in [3.63, 3.8) is 0 Å². The predicted octanol–water partition coefficient (Wildman–Crippen LogP) is 5.41. The maximum atomic E-state index is 11.7. The van der Waals surface area contributed by atoms with Gasteiger partial charge in [-0.3, -0.25) is 0 Å². The van der Waals surface area contributed by atoms with Crippen molar-refractivity contribution in [2.24, 2.45) is 0 Å². The molecule has 0 saturated carbocycles. The maximum absolute atomic E-state index is 11.7. The van der Waals surface area contributed by atoms with Crippen LogP contribution in [0.15, 0.2) is 54.1 Å². The molecule has 0 unspecified atom stereocenters. The second-order valence-corrected chi connectivity index (χ2v) is 11.6.